The van der Waals surface area contributed by atoms with Crippen molar-refractivity contribution in [1.82, 2.24) is 25.2 Å². The maximum absolute atomic E-state index is 12.5. The van der Waals surface area contributed by atoms with Gasteiger partial charge in [-0.3, -0.25) is 19.3 Å². The number of carbonyl (C=O) groups is 3. The van der Waals surface area contributed by atoms with Crippen molar-refractivity contribution >= 4 is 35.2 Å². The van der Waals surface area contributed by atoms with Crippen LogP contribution < -0.4 is 16.0 Å². The number of carbonyl (C=O) groups excluding carboxylic acids is 3. The Balaban J connectivity index is 1.27. The highest BCUT2D eigenvalue weighted by Crippen LogP contribution is 2.24. The molecule has 0 saturated heterocycles. The molecule has 4 rings (SSSR count). The molecule has 1 unspecified atom stereocenters. The minimum absolute atomic E-state index is 0.276. The maximum Gasteiger partial charge on any atom is 0.262 e. The summed E-state index contributed by atoms with van der Waals surface area (Å²) < 4.78 is 0. The molecule has 1 aliphatic rings. The van der Waals surface area contributed by atoms with E-state index < -0.39 is 23.8 Å². The number of fused-ring (bicyclic) bond motifs is 1. The number of pyridine rings is 1. The van der Waals surface area contributed by atoms with E-state index in [-0.39, 0.29) is 6.54 Å². The first kappa shape index (κ1) is 21.9. The van der Waals surface area contributed by atoms with Gasteiger partial charge in [0.25, 0.3) is 11.8 Å². The van der Waals surface area contributed by atoms with Gasteiger partial charge in [0.15, 0.2) is 0 Å². The lowest BCUT2D eigenvalue weighted by Crippen LogP contribution is -2.48. The van der Waals surface area contributed by atoms with Crippen molar-refractivity contribution in [2.75, 3.05) is 23.7 Å². The zero-order chi connectivity index (χ0) is 23.4. The first-order valence-corrected chi connectivity index (χ1v) is 10.4. The molecule has 0 fully saturated rings. The highest BCUT2D eigenvalue weighted by molar-refractivity contribution is 6.22. The van der Waals surface area contributed by atoms with E-state index in [2.05, 4.69) is 30.9 Å². The van der Waals surface area contributed by atoms with Crippen LogP contribution in [-0.2, 0) is 4.79 Å². The summed E-state index contributed by atoms with van der Waals surface area (Å²) in [5, 5.41) is 8.96. The molecule has 0 radical (unpaired) electrons. The van der Waals surface area contributed by atoms with Gasteiger partial charge in [0.1, 0.15) is 29.8 Å². The molecule has 168 valence electrons. The number of hydrogen-bond donors (Lipinski definition) is 3. The Morgan fingerprint density at radius 1 is 0.939 bits per heavy atom. The molecule has 10 heteroatoms. The van der Waals surface area contributed by atoms with Gasteiger partial charge in [-0.15, -0.1) is 0 Å². The molecule has 2 aromatic heterocycles. The smallest absolute Gasteiger partial charge is 0.262 e. The molecule has 10 nitrogen and oxygen atoms in total. The van der Waals surface area contributed by atoms with Crippen molar-refractivity contribution in [1.29, 1.82) is 0 Å². The summed E-state index contributed by atoms with van der Waals surface area (Å²) in [5.41, 5.74) is 1.71. The first-order valence-electron chi connectivity index (χ1n) is 10.4. The second-order valence-corrected chi connectivity index (χ2v) is 7.55. The van der Waals surface area contributed by atoms with Crippen LogP contribution in [0, 0.1) is 6.92 Å². The van der Waals surface area contributed by atoms with Crippen molar-refractivity contribution in [3.05, 3.63) is 71.7 Å². The highest BCUT2D eigenvalue weighted by atomic mass is 16.2. The van der Waals surface area contributed by atoms with Gasteiger partial charge < -0.3 is 16.0 Å². The van der Waals surface area contributed by atoms with Crippen LogP contribution in [-0.4, -0.2) is 56.7 Å². The summed E-state index contributed by atoms with van der Waals surface area (Å²) in [4.78, 5) is 51.2. The third-order valence-corrected chi connectivity index (χ3v) is 5.16. The first-order chi connectivity index (χ1) is 15.9. The minimum Gasteiger partial charge on any atom is -0.368 e. The van der Waals surface area contributed by atoms with Crippen LogP contribution in [0.5, 0.6) is 0 Å². The van der Waals surface area contributed by atoms with Crippen LogP contribution in [0.25, 0.3) is 0 Å². The zero-order valence-electron chi connectivity index (χ0n) is 18.2. The van der Waals surface area contributed by atoms with Crippen molar-refractivity contribution in [3.8, 4) is 0 Å². The van der Waals surface area contributed by atoms with Gasteiger partial charge in [-0.2, -0.15) is 0 Å². The van der Waals surface area contributed by atoms with Gasteiger partial charge in [-0.05, 0) is 43.7 Å². The lowest BCUT2D eigenvalue weighted by molar-refractivity contribution is -0.124. The summed E-state index contributed by atoms with van der Waals surface area (Å²) in [6, 6.07) is 11.2. The summed E-state index contributed by atoms with van der Waals surface area (Å²) in [6.07, 6.45) is 3.13. The number of hydrogen-bond acceptors (Lipinski definition) is 8. The molecule has 0 spiro atoms. The topological polar surface area (TPSA) is 129 Å². The van der Waals surface area contributed by atoms with Gasteiger partial charge in [-0.1, -0.05) is 12.1 Å². The van der Waals surface area contributed by atoms with E-state index in [1.165, 1.54) is 13.3 Å². The Kier molecular flexibility index (Phi) is 6.25. The molecule has 3 N–H and O–H groups in total. The third kappa shape index (κ3) is 4.79. The fourth-order valence-corrected chi connectivity index (χ4v) is 3.46. The number of aromatic nitrogens is 3. The van der Waals surface area contributed by atoms with E-state index in [4.69, 9.17) is 0 Å². The third-order valence-electron chi connectivity index (χ3n) is 5.16. The molecular weight excluding hydrogens is 422 g/mol. The van der Waals surface area contributed by atoms with Crippen molar-refractivity contribution in [2.45, 2.75) is 19.9 Å². The van der Waals surface area contributed by atoms with Crippen LogP contribution >= 0.6 is 0 Å². The Bertz CT molecular complexity index is 1180. The Hall–Kier alpha value is -4.34. The van der Waals surface area contributed by atoms with E-state index >= 15 is 0 Å². The number of amides is 3. The van der Waals surface area contributed by atoms with Crippen LogP contribution in [0.4, 0.5) is 17.5 Å². The van der Waals surface area contributed by atoms with E-state index in [0.717, 1.165) is 10.5 Å². The number of nitrogens with zero attached hydrogens (tertiary/aromatic N) is 4. The molecule has 1 atom stereocenters. The predicted molar refractivity (Wildman–Crippen MR) is 122 cm³/mol. The van der Waals surface area contributed by atoms with Gasteiger partial charge >= 0.3 is 0 Å². The van der Waals surface area contributed by atoms with Gasteiger partial charge in [0, 0.05) is 25.4 Å². The van der Waals surface area contributed by atoms with Gasteiger partial charge in [0.05, 0.1) is 11.1 Å². The molecule has 3 heterocycles. The number of aryl methyl sites for hydroxylation is 1. The largest absolute Gasteiger partial charge is 0.368 e. The zero-order valence-corrected chi connectivity index (χ0v) is 18.2. The number of anilines is 3. The van der Waals surface area contributed by atoms with E-state index in [9.17, 15) is 14.4 Å². The average Bonchev–Trinajstić information content (AvgIpc) is 3.06. The number of imide groups is 1. The second kappa shape index (κ2) is 9.43. The minimum atomic E-state index is -0.922. The standard InChI is InChI=1S/C23H23N7O3/c1-14-7-8-24-19(11-14)29-20-12-18(27-13-28-20)25-9-10-26-21(31)15(2)30-22(32)16-5-3-4-6-17(16)23(30)33/h3-8,11-13,15H,9-10H2,1-2H3,(H,26,31)(H2,24,25,27,28,29). The quantitative estimate of drug-likeness (QED) is 0.355. The van der Waals surface area contributed by atoms with E-state index in [0.29, 0.717) is 35.1 Å². The molecule has 1 aromatic carbocycles. The lowest BCUT2D eigenvalue weighted by atomic mass is 10.1. The Labute approximate surface area is 190 Å². The van der Waals surface area contributed by atoms with Crippen molar-refractivity contribution in [3.63, 3.8) is 0 Å². The molecule has 0 saturated carbocycles. The fraction of sp³-hybridized carbons (Fsp3) is 0.217. The van der Waals surface area contributed by atoms with Gasteiger partial charge in [-0.25, -0.2) is 15.0 Å². The molecule has 0 aliphatic carbocycles. The summed E-state index contributed by atoms with van der Waals surface area (Å²) >= 11 is 0. The van der Waals surface area contributed by atoms with Crippen LogP contribution in [0.2, 0.25) is 0 Å². The molecule has 3 aromatic rings. The molecule has 3 amide bonds. The summed E-state index contributed by atoms with van der Waals surface area (Å²) in [5.74, 6) is 0.494. The van der Waals surface area contributed by atoms with Crippen molar-refractivity contribution < 1.29 is 14.4 Å². The van der Waals surface area contributed by atoms with Gasteiger partial charge in [0.2, 0.25) is 5.91 Å². The van der Waals surface area contributed by atoms with Crippen LogP contribution in [0.15, 0.2) is 55.0 Å². The summed E-state index contributed by atoms with van der Waals surface area (Å²) in [7, 11) is 0. The highest BCUT2D eigenvalue weighted by Gasteiger charge is 2.40. The second-order valence-electron chi connectivity index (χ2n) is 7.55. The average molecular weight is 445 g/mol. The molecule has 1 aliphatic heterocycles. The monoisotopic (exact) mass is 445 g/mol. The van der Waals surface area contributed by atoms with Crippen LogP contribution in [0.3, 0.4) is 0 Å². The van der Waals surface area contributed by atoms with E-state index in [1.807, 2.05) is 19.1 Å². The van der Waals surface area contributed by atoms with Crippen LogP contribution in [0.1, 0.15) is 33.2 Å². The maximum atomic E-state index is 12.5. The van der Waals surface area contributed by atoms with Crippen molar-refractivity contribution in [2.24, 2.45) is 0 Å². The normalized spacial score (nSPS) is 13.5. The van der Waals surface area contributed by atoms with E-state index in [1.54, 1.807) is 36.5 Å². The number of rotatable bonds is 8. The fourth-order valence-electron chi connectivity index (χ4n) is 3.46. The summed E-state index contributed by atoms with van der Waals surface area (Å²) in [6.45, 7) is 4.17. The Morgan fingerprint density at radius 2 is 1.61 bits per heavy atom. The predicted octanol–water partition coefficient (Wildman–Crippen LogP) is 2.14. The number of nitrogens with one attached hydrogen (secondary N) is 3. The molecule has 33 heavy (non-hydrogen) atoms. The SMILES string of the molecule is Cc1ccnc(Nc2cc(NCCNC(=O)C(C)N3C(=O)c4ccccc4C3=O)ncn2)c1. The Morgan fingerprint density at radius 3 is 2.30 bits per heavy atom. The lowest BCUT2D eigenvalue weighted by Gasteiger charge is -2.21. The number of benzene rings is 1. The molecule has 0 bridgehead atoms. The molecular formula is C23H23N7O3.